The summed E-state index contributed by atoms with van der Waals surface area (Å²) >= 11 is 0. The normalized spacial score (nSPS) is 17.7. The average molecular weight is 362 g/mol. The minimum absolute atomic E-state index is 0.386. The summed E-state index contributed by atoms with van der Waals surface area (Å²) in [5, 5.41) is 2.81. The number of carbonyl (C=O) groups excluding carboxylic acids is 2. The van der Waals surface area contributed by atoms with Crippen LogP contribution >= 0.6 is 0 Å². The first-order chi connectivity index (χ1) is 12.2. The number of anilines is 2. The first-order valence-corrected chi connectivity index (χ1v) is 9.07. The van der Waals surface area contributed by atoms with Crippen LogP contribution in [0.3, 0.4) is 0 Å². The number of amides is 2. The van der Waals surface area contributed by atoms with E-state index in [4.69, 9.17) is 16.2 Å². The van der Waals surface area contributed by atoms with Crippen molar-refractivity contribution < 1.29 is 14.3 Å². The van der Waals surface area contributed by atoms with Crippen LogP contribution in [0, 0.1) is 5.92 Å². The first kappa shape index (κ1) is 19.9. The molecule has 1 atom stereocenters. The summed E-state index contributed by atoms with van der Waals surface area (Å²) < 4.78 is 5.25. The van der Waals surface area contributed by atoms with Crippen molar-refractivity contribution in [1.82, 2.24) is 5.32 Å². The van der Waals surface area contributed by atoms with E-state index in [0.717, 1.165) is 38.0 Å². The Kier molecular flexibility index (Phi) is 6.34. The van der Waals surface area contributed by atoms with E-state index in [1.807, 2.05) is 20.8 Å². The van der Waals surface area contributed by atoms with Crippen LogP contribution in [0.2, 0.25) is 0 Å². The summed E-state index contributed by atoms with van der Waals surface area (Å²) in [7, 11) is 0. The van der Waals surface area contributed by atoms with Crippen LogP contribution in [0.25, 0.3) is 0 Å². The highest BCUT2D eigenvalue weighted by Gasteiger charge is 2.22. The van der Waals surface area contributed by atoms with E-state index in [0.29, 0.717) is 23.7 Å². The molecule has 26 heavy (non-hydrogen) atoms. The Bertz CT molecular complexity index is 655. The van der Waals surface area contributed by atoms with Crippen molar-refractivity contribution in [3.8, 4) is 0 Å². The summed E-state index contributed by atoms with van der Waals surface area (Å²) in [6, 6.07) is 5.13. The highest BCUT2D eigenvalue weighted by Crippen LogP contribution is 2.30. The lowest BCUT2D eigenvalue weighted by molar-refractivity contribution is 0.0524. The Morgan fingerprint density at radius 2 is 2.08 bits per heavy atom. The van der Waals surface area contributed by atoms with Gasteiger partial charge in [0.05, 0.1) is 11.4 Å². The molecule has 1 aliphatic rings. The molecule has 1 aromatic carbocycles. The van der Waals surface area contributed by atoms with Crippen LogP contribution in [0.1, 0.15) is 50.4 Å². The van der Waals surface area contributed by atoms with E-state index in [1.54, 1.807) is 18.2 Å². The molecular formula is C19H30N4O3. The maximum Gasteiger partial charge on any atom is 0.407 e. The van der Waals surface area contributed by atoms with Gasteiger partial charge in [-0.05, 0) is 64.2 Å². The van der Waals surface area contributed by atoms with Gasteiger partial charge < -0.3 is 26.4 Å². The zero-order chi connectivity index (χ0) is 19.3. The first-order valence-electron chi connectivity index (χ1n) is 9.07. The molecule has 0 aliphatic carbocycles. The maximum absolute atomic E-state index is 11.7. The molecule has 0 bridgehead atoms. The van der Waals surface area contributed by atoms with E-state index in [-0.39, 0.29) is 6.09 Å². The molecule has 5 N–H and O–H groups in total. The average Bonchev–Trinajstić information content (AvgIpc) is 2.53. The van der Waals surface area contributed by atoms with Crippen molar-refractivity contribution in [3.63, 3.8) is 0 Å². The van der Waals surface area contributed by atoms with Gasteiger partial charge in [-0.25, -0.2) is 4.79 Å². The molecule has 0 saturated carbocycles. The van der Waals surface area contributed by atoms with E-state index < -0.39 is 11.5 Å². The minimum Gasteiger partial charge on any atom is -0.444 e. The Labute approximate surface area is 155 Å². The molecule has 7 heteroatoms. The van der Waals surface area contributed by atoms with Crippen molar-refractivity contribution in [2.24, 2.45) is 11.7 Å². The lowest BCUT2D eigenvalue weighted by atomic mass is 9.94. The standard InChI is InChI=1S/C19H30N4O3/c1-19(2,3)26-18(25)22-9-8-13-5-4-10-23(12-13)16-11-14(17(21)24)6-7-15(16)20/h6-7,11,13H,4-5,8-10,12,20H2,1-3H3,(H2,21,24)(H,22,25). The van der Waals surface area contributed by atoms with Crippen molar-refractivity contribution in [3.05, 3.63) is 23.8 Å². The molecule has 1 aliphatic heterocycles. The molecular weight excluding hydrogens is 332 g/mol. The molecule has 144 valence electrons. The zero-order valence-electron chi connectivity index (χ0n) is 15.9. The number of hydrogen-bond donors (Lipinski definition) is 3. The lowest BCUT2D eigenvalue weighted by Crippen LogP contribution is -2.38. The number of rotatable bonds is 5. The van der Waals surface area contributed by atoms with E-state index in [9.17, 15) is 9.59 Å². The van der Waals surface area contributed by atoms with Crippen LogP contribution in [0.15, 0.2) is 18.2 Å². The third kappa shape index (κ3) is 5.82. The number of carbonyl (C=O) groups is 2. The summed E-state index contributed by atoms with van der Waals surface area (Å²) in [4.78, 5) is 25.4. The van der Waals surface area contributed by atoms with Gasteiger partial charge in [0.2, 0.25) is 5.91 Å². The van der Waals surface area contributed by atoms with Gasteiger partial charge in [0.15, 0.2) is 0 Å². The molecule has 0 aromatic heterocycles. The Morgan fingerprint density at radius 3 is 2.73 bits per heavy atom. The highest BCUT2D eigenvalue weighted by atomic mass is 16.6. The van der Waals surface area contributed by atoms with Gasteiger partial charge in [0, 0.05) is 25.2 Å². The topological polar surface area (TPSA) is 111 Å². The van der Waals surface area contributed by atoms with Gasteiger partial charge in [0.1, 0.15) is 5.60 Å². The van der Waals surface area contributed by atoms with Gasteiger partial charge in [0.25, 0.3) is 0 Å². The zero-order valence-corrected chi connectivity index (χ0v) is 15.9. The third-order valence-corrected chi connectivity index (χ3v) is 4.40. The molecule has 1 unspecified atom stereocenters. The molecule has 1 aromatic rings. The molecule has 2 amide bonds. The number of nitrogens with one attached hydrogen (secondary N) is 1. The Morgan fingerprint density at radius 1 is 1.35 bits per heavy atom. The number of nitrogens with two attached hydrogens (primary N) is 2. The number of benzene rings is 1. The number of hydrogen-bond acceptors (Lipinski definition) is 5. The van der Waals surface area contributed by atoms with Gasteiger partial charge in [-0.3, -0.25) is 4.79 Å². The number of ether oxygens (including phenoxy) is 1. The van der Waals surface area contributed by atoms with Crippen molar-refractivity contribution in [2.75, 3.05) is 30.3 Å². The van der Waals surface area contributed by atoms with Crippen molar-refractivity contribution in [2.45, 2.75) is 45.6 Å². The van der Waals surface area contributed by atoms with Crippen molar-refractivity contribution >= 4 is 23.4 Å². The lowest BCUT2D eigenvalue weighted by Gasteiger charge is -2.35. The van der Waals surface area contributed by atoms with Crippen LogP contribution in [-0.2, 0) is 4.74 Å². The second-order valence-corrected chi connectivity index (χ2v) is 7.81. The molecule has 0 spiro atoms. The molecule has 0 radical (unpaired) electrons. The fourth-order valence-electron chi connectivity index (χ4n) is 3.18. The number of primary amides is 1. The van der Waals surface area contributed by atoms with E-state index >= 15 is 0 Å². The third-order valence-electron chi connectivity index (χ3n) is 4.40. The quantitative estimate of drug-likeness (QED) is 0.697. The Balaban J connectivity index is 1.90. The van der Waals surface area contributed by atoms with Gasteiger partial charge in [-0.2, -0.15) is 0 Å². The van der Waals surface area contributed by atoms with Gasteiger partial charge >= 0.3 is 6.09 Å². The molecule has 1 heterocycles. The van der Waals surface area contributed by atoms with E-state index in [1.165, 1.54) is 0 Å². The number of nitrogens with zero attached hydrogens (tertiary/aromatic N) is 1. The molecule has 2 rings (SSSR count). The highest BCUT2D eigenvalue weighted by molar-refractivity contribution is 5.95. The molecule has 7 nitrogen and oxygen atoms in total. The predicted molar refractivity (Wildman–Crippen MR) is 103 cm³/mol. The van der Waals surface area contributed by atoms with Gasteiger partial charge in [-0.1, -0.05) is 0 Å². The monoisotopic (exact) mass is 362 g/mol. The second-order valence-electron chi connectivity index (χ2n) is 7.81. The Hall–Kier alpha value is -2.44. The molecule has 1 fully saturated rings. The van der Waals surface area contributed by atoms with Gasteiger partial charge in [-0.15, -0.1) is 0 Å². The summed E-state index contributed by atoms with van der Waals surface area (Å²) in [5.41, 5.74) is 12.9. The summed E-state index contributed by atoms with van der Waals surface area (Å²) in [5.74, 6) is -0.0170. The fraction of sp³-hybridized carbons (Fsp3) is 0.579. The van der Waals surface area contributed by atoms with E-state index in [2.05, 4.69) is 10.2 Å². The smallest absolute Gasteiger partial charge is 0.407 e. The summed E-state index contributed by atoms with van der Waals surface area (Å²) in [6.07, 6.45) is 2.62. The fourth-order valence-corrected chi connectivity index (χ4v) is 3.18. The largest absolute Gasteiger partial charge is 0.444 e. The summed E-state index contributed by atoms with van der Waals surface area (Å²) in [6.45, 7) is 7.83. The maximum atomic E-state index is 11.7. The minimum atomic E-state index is -0.491. The predicted octanol–water partition coefficient (Wildman–Crippen LogP) is 2.50. The molecule has 1 saturated heterocycles. The second kappa shape index (κ2) is 8.29. The number of piperidine rings is 1. The van der Waals surface area contributed by atoms with Crippen LogP contribution in [0.5, 0.6) is 0 Å². The van der Waals surface area contributed by atoms with Crippen LogP contribution in [-0.4, -0.2) is 37.2 Å². The SMILES string of the molecule is CC(C)(C)OC(=O)NCCC1CCCN(c2cc(C(N)=O)ccc2N)C1. The van der Waals surface area contributed by atoms with Crippen molar-refractivity contribution in [1.29, 1.82) is 0 Å². The number of nitrogen functional groups attached to an aromatic ring is 1. The number of alkyl carbamates (subject to hydrolysis) is 1. The van der Waals surface area contributed by atoms with Crippen LogP contribution in [0.4, 0.5) is 16.2 Å². The van der Waals surface area contributed by atoms with Crippen LogP contribution < -0.4 is 21.7 Å².